The van der Waals surface area contributed by atoms with Crippen LogP contribution in [0.4, 0.5) is 5.13 Å². The number of amides is 1. The van der Waals surface area contributed by atoms with Crippen molar-refractivity contribution in [2.75, 3.05) is 5.32 Å². The molecule has 2 heterocycles. The summed E-state index contributed by atoms with van der Waals surface area (Å²) in [6.45, 7) is 3.78. The first-order valence-corrected chi connectivity index (χ1v) is 6.14. The predicted octanol–water partition coefficient (Wildman–Crippen LogP) is 1.50. The summed E-state index contributed by atoms with van der Waals surface area (Å²) < 4.78 is 1.59. The summed E-state index contributed by atoms with van der Waals surface area (Å²) in [5.74, 6) is -0.146. The minimum absolute atomic E-state index is 0.146. The number of nitrogens with one attached hydrogen (secondary N) is 1. The molecule has 2 rings (SSSR count). The van der Waals surface area contributed by atoms with Crippen molar-refractivity contribution < 1.29 is 4.79 Å². The molecule has 1 unspecified atom stereocenters. The average Bonchev–Trinajstić information content (AvgIpc) is 2.98. The van der Waals surface area contributed by atoms with Crippen LogP contribution < -0.4 is 5.32 Å². The minimum atomic E-state index is -0.362. The summed E-state index contributed by atoms with van der Waals surface area (Å²) in [5, 5.41) is 16.0. The molecular formula is C10H13N5OS. The van der Waals surface area contributed by atoms with Crippen molar-refractivity contribution in [3.63, 3.8) is 0 Å². The van der Waals surface area contributed by atoms with E-state index in [-0.39, 0.29) is 11.9 Å². The first-order chi connectivity index (χ1) is 8.20. The van der Waals surface area contributed by atoms with Crippen LogP contribution in [0.3, 0.4) is 0 Å². The van der Waals surface area contributed by atoms with E-state index in [1.165, 1.54) is 11.3 Å². The Balaban J connectivity index is 2.01. The molecule has 0 aliphatic rings. The lowest BCUT2D eigenvalue weighted by Gasteiger charge is -2.10. The fourth-order valence-corrected chi connectivity index (χ4v) is 1.97. The van der Waals surface area contributed by atoms with Crippen LogP contribution in [0.2, 0.25) is 0 Å². The largest absolute Gasteiger partial charge is 0.299 e. The number of rotatable bonds is 4. The third-order valence-corrected chi connectivity index (χ3v) is 3.28. The Labute approximate surface area is 103 Å². The van der Waals surface area contributed by atoms with Crippen LogP contribution in [0.5, 0.6) is 0 Å². The maximum Gasteiger partial charge on any atom is 0.250 e. The zero-order chi connectivity index (χ0) is 12.3. The summed E-state index contributed by atoms with van der Waals surface area (Å²) >= 11 is 1.39. The zero-order valence-electron chi connectivity index (χ0n) is 9.62. The van der Waals surface area contributed by atoms with Gasteiger partial charge >= 0.3 is 0 Å². The molecule has 1 atom stereocenters. The highest BCUT2D eigenvalue weighted by atomic mass is 32.1. The van der Waals surface area contributed by atoms with Crippen molar-refractivity contribution in [3.05, 3.63) is 23.5 Å². The lowest BCUT2D eigenvalue weighted by molar-refractivity contribution is -0.119. The maximum atomic E-state index is 11.9. The van der Waals surface area contributed by atoms with E-state index in [1.54, 1.807) is 30.1 Å². The summed E-state index contributed by atoms with van der Waals surface area (Å²) in [6.07, 6.45) is 4.22. The van der Waals surface area contributed by atoms with Gasteiger partial charge in [-0.1, -0.05) is 18.3 Å². The molecule has 0 bridgehead atoms. The van der Waals surface area contributed by atoms with Gasteiger partial charge in [-0.3, -0.25) is 14.8 Å². The molecule has 0 aliphatic carbocycles. The molecule has 1 N–H and O–H groups in total. The van der Waals surface area contributed by atoms with E-state index in [0.717, 1.165) is 11.4 Å². The van der Waals surface area contributed by atoms with E-state index in [2.05, 4.69) is 20.6 Å². The van der Waals surface area contributed by atoms with Crippen LogP contribution in [0, 0.1) is 0 Å². The molecule has 0 fully saturated rings. The fourth-order valence-electron chi connectivity index (χ4n) is 1.29. The van der Waals surface area contributed by atoms with Gasteiger partial charge in [-0.2, -0.15) is 5.10 Å². The van der Waals surface area contributed by atoms with Crippen molar-refractivity contribution in [1.29, 1.82) is 0 Å². The summed E-state index contributed by atoms with van der Waals surface area (Å²) in [5.41, 5.74) is 0. The number of carbonyl (C=O) groups is 1. The molecule has 7 heteroatoms. The van der Waals surface area contributed by atoms with E-state index < -0.39 is 0 Å². The van der Waals surface area contributed by atoms with Crippen LogP contribution in [0.25, 0.3) is 0 Å². The van der Waals surface area contributed by atoms with Crippen LogP contribution in [-0.2, 0) is 11.2 Å². The number of anilines is 1. The van der Waals surface area contributed by atoms with Gasteiger partial charge in [-0.25, -0.2) is 0 Å². The number of hydrogen-bond acceptors (Lipinski definition) is 5. The average molecular weight is 251 g/mol. The van der Waals surface area contributed by atoms with Gasteiger partial charge in [0.15, 0.2) is 0 Å². The van der Waals surface area contributed by atoms with Gasteiger partial charge in [0, 0.05) is 12.4 Å². The Kier molecular flexibility index (Phi) is 3.48. The van der Waals surface area contributed by atoms with Gasteiger partial charge in [0.25, 0.3) is 5.91 Å². The van der Waals surface area contributed by atoms with Crippen LogP contribution >= 0.6 is 11.3 Å². The molecule has 2 aromatic heterocycles. The third-order valence-electron chi connectivity index (χ3n) is 2.30. The van der Waals surface area contributed by atoms with Gasteiger partial charge in [0.05, 0.1) is 0 Å². The fraction of sp³-hybridized carbons (Fsp3) is 0.400. The first-order valence-electron chi connectivity index (χ1n) is 5.33. The number of carbonyl (C=O) groups excluding carboxylic acids is 1. The molecule has 0 spiro atoms. The monoisotopic (exact) mass is 251 g/mol. The molecule has 0 radical (unpaired) electrons. The van der Waals surface area contributed by atoms with Gasteiger partial charge < -0.3 is 0 Å². The zero-order valence-corrected chi connectivity index (χ0v) is 10.4. The molecule has 17 heavy (non-hydrogen) atoms. The lowest BCUT2D eigenvalue weighted by atomic mass is 10.3. The van der Waals surface area contributed by atoms with Crippen molar-refractivity contribution in [2.24, 2.45) is 0 Å². The highest BCUT2D eigenvalue weighted by Crippen LogP contribution is 2.17. The van der Waals surface area contributed by atoms with E-state index in [1.807, 2.05) is 6.92 Å². The highest BCUT2D eigenvalue weighted by Gasteiger charge is 2.16. The predicted molar refractivity (Wildman–Crippen MR) is 64.9 cm³/mol. The van der Waals surface area contributed by atoms with Gasteiger partial charge in [0.1, 0.15) is 11.0 Å². The highest BCUT2D eigenvalue weighted by molar-refractivity contribution is 7.15. The van der Waals surface area contributed by atoms with Crippen LogP contribution in [0.15, 0.2) is 18.5 Å². The van der Waals surface area contributed by atoms with Crippen molar-refractivity contribution >= 4 is 22.4 Å². The SMILES string of the molecule is CCc1nnc(NC(=O)C(C)n2cccn2)s1. The molecule has 0 aromatic carbocycles. The summed E-state index contributed by atoms with van der Waals surface area (Å²) in [7, 11) is 0. The van der Waals surface area contributed by atoms with E-state index >= 15 is 0 Å². The normalized spacial score (nSPS) is 12.4. The van der Waals surface area contributed by atoms with E-state index in [4.69, 9.17) is 0 Å². The number of aryl methyl sites for hydroxylation is 1. The van der Waals surface area contributed by atoms with E-state index in [9.17, 15) is 4.79 Å². The molecule has 6 nitrogen and oxygen atoms in total. The maximum absolute atomic E-state index is 11.9. The summed E-state index contributed by atoms with van der Waals surface area (Å²) in [4.78, 5) is 11.9. The molecule has 0 saturated heterocycles. The topological polar surface area (TPSA) is 72.7 Å². The minimum Gasteiger partial charge on any atom is -0.299 e. The van der Waals surface area contributed by atoms with Crippen molar-refractivity contribution in [1.82, 2.24) is 20.0 Å². The number of aromatic nitrogens is 4. The first kappa shape index (κ1) is 11.7. The third kappa shape index (κ3) is 2.68. The Bertz CT molecular complexity index is 493. The second-order valence-corrected chi connectivity index (χ2v) is 4.57. The van der Waals surface area contributed by atoms with E-state index in [0.29, 0.717) is 5.13 Å². The molecule has 0 aliphatic heterocycles. The van der Waals surface area contributed by atoms with Gasteiger partial charge in [-0.05, 0) is 19.4 Å². The van der Waals surface area contributed by atoms with Crippen LogP contribution in [-0.4, -0.2) is 25.9 Å². The van der Waals surface area contributed by atoms with Crippen molar-refractivity contribution in [2.45, 2.75) is 26.3 Å². The molecule has 2 aromatic rings. The number of hydrogen-bond donors (Lipinski definition) is 1. The Morgan fingerprint density at radius 1 is 1.59 bits per heavy atom. The quantitative estimate of drug-likeness (QED) is 0.893. The second kappa shape index (κ2) is 5.05. The number of nitrogens with zero attached hydrogens (tertiary/aromatic N) is 4. The second-order valence-electron chi connectivity index (χ2n) is 3.51. The molecule has 1 amide bonds. The summed E-state index contributed by atoms with van der Waals surface area (Å²) in [6, 6.07) is 1.42. The standard InChI is InChI=1S/C10H13N5OS/c1-3-8-13-14-10(17-8)12-9(16)7(2)15-6-4-5-11-15/h4-7H,3H2,1-2H3,(H,12,14,16). The Morgan fingerprint density at radius 2 is 2.41 bits per heavy atom. The Hall–Kier alpha value is -1.76. The van der Waals surface area contributed by atoms with Crippen LogP contribution in [0.1, 0.15) is 24.9 Å². The molecule has 0 saturated carbocycles. The van der Waals surface area contributed by atoms with Crippen molar-refractivity contribution in [3.8, 4) is 0 Å². The Morgan fingerprint density at radius 3 is 3.00 bits per heavy atom. The lowest BCUT2D eigenvalue weighted by Crippen LogP contribution is -2.23. The molecular weight excluding hydrogens is 238 g/mol. The molecule has 90 valence electrons. The smallest absolute Gasteiger partial charge is 0.250 e. The van der Waals surface area contributed by atoms with Gasteiger partial charge in [-0.15, -0.1) is 10.2 Å². The van der Waals surface area contributed by atoms with Gasteiger partial charge in [0.2, 0.25) is 5.13 Å².